The Hall–Kier alpha value is -0.240. The molecule has 0 saturated heterocycles. The topological polar surface area (TPSA) is 26.3 Å². The SMILES string of the molecule is CCC(C)OC(=O)CCCCl. The lowest BCUT2D eigenvalue weighted by atomic mass is 10.3. The molecule has 3 heteroatoms. The summed E-state index contributed by atoms with van der Waals surface area (Å²) in [5.41, 5.74) is 0. The molecule has 0 bridgehead atoms. The van der Waals surface area contributed by atoms with Crippen molar-refractivity contribution in [2.24, 2.45) is 0 Å². The number of esters is 1. The summed E-state index contributed by atoms with van der Waals surface area (Å²) in [4.78, 5) is 10.9. The van der Waals surface area contributed by atoms with Gasteiger partial charge in [0.25, 0.3) is 0 Å². The fraction of sp³-hybridized carbons (Fsp3) is 0.875. The molecule has 0 N–H and O–H groups in total. The van der Waals surface area contributed by atoms with Crippen LogP contribution in [0.15, 0.2) is 0 Å². The van der Waals surface area contributed by atoms with Crippen LogP contribution < -0.4 is 0 Å². The smallest absolute Gasteiger partial charge is 0.306 e. The van der Waals surface area contributed by atoms with E-state index in [2.05, 4.69) is 0 Å². The monoisotopic (exact) mass is 178 g/mol. The summed E-state index contributed by atoms with van der Waals surface area (Å²) >= 11 is 5.41. The molecular formula is C8H15ClO2. The first-order chi connectivity index (χ1) is 5.20. The van der Waals surface area contributed by atoms with Crippen molar-refractivity contribution >= 4 is 17.6 Å². The molecule has 0 amide bonds. The van der Waals surface area contributed by atoms with Crippen molar-refractivity contribution in [3.63, 3.8) is 0 Å². The van der Waals surface area contributed by atoms with E-state index in [1.807, 2.05) is 13.8 Å². The van der Waals surface area contributed by atoms with Crippen molar-refractivity contribution < 1.29 is 9.53 Å². The summed E-state index contributed by atoms with van der Waals surface area (Å²) in [6.45, 7) is 3.87. The molecule has 0 radical (unpaired) electrons. The lowest BCUT2D eigenvalue weighted by molar-refractivity contribution is -0.148. The van der Waals surface area contributed by atoms with Crippen LogP contribution in [0.4, 0.5) is 0 Å². The molecule has 0 aromatic heterocycles. The van der Waals surface area contributed by atoms with Crippen LogP contribution in [0, 0.1) is 0 Å². The minimum atomic E-state index is -0.139. The molecule has 0 fully saturated rings. The highest BCUT2D eigenvalue weighted by Crippen LogP contribution is 2.01. The maximum Gasteiger partial charge on any atom is 0.306 e. The second-order valence-electron chi connectivity index (χ2n) is 2.50. The third kappa shape index (κ3) is 6.17. The van der Waals surface area contributed by atoms with Crippen molar-refractivity contribution in [3.05, 3.63) is 0 Å². The van der Waals surface area contributed by atoms with E-state index in [4.69, 9.17) is 16.3 Å². The van der Waals surface area contributed by atoms with Crippen LogP contribution in [-0.2, 0) is 9.53 Å². The minimum absolute atomic E-state index is 0.0397. The third-order valence-corrected chi connectivity index (χ3v) is 1.69. The summed E-state index contributed by atoms with van der Waals surface area (Å²) < 4.78 is 5.00. The molecule has 0 aromatic carbocycles. The Morgan fingerprint density at radius 3 is 2.73 bits per heavy atom. The summed E-state index contributed by atoms with van der Waals surface area (Å²) in [5.74, 6) is 0.385. The van der Waals surface area contributed by atoms with Gasteiger partial charge in [-0.3, -0.25) is 4.79 Å². The van der Waals surface area contributed by atoms with Gasteiger partial charge in [0.15, 0.2) is 0 Å². The first-order valence-corrected chi connectivity index (χ1v) is 4.49. The van der Waals surface area contributed by atoms with Crippen molar-refractivity contribution in [2.75, 3.05) is 5.88 Å². The van der Waals surface area contributed by atoms with Crippen LogP contribution in [-0.4, -0.2) is 18.0 Å². The number of hydrogen-bond acceptors (Lipinski definition) is 2. The molecule has 1 atom stereocenters. The van der Waals surface area contributed by atoms with E-state index in [1.165, 1.54) is 0 Å². The second-order valence-corrected chi connectivity index (χ2v) is 2.88. The number of alkyl halides is 1. The summed E-state index contributed by atoms with van der Waals surface area (Å²) in [6.07, 6.45) is 2.05. The van der Waals surface area contributed by atoms with Crippen LogP contribution in [0.1, 0.15) is 33.1 Å². The Bertz CT molecular complexity index is 115. The van der Waals surface area contributed by atoms with Crippen molar-refractivity contribution in [1.82, 2.24) is 0 Å². The first-order valence-electron chi connectivity index (χ1n) is 3.96. The van der Waals surface area contributed by atoms with Gasteiger partial charge in [-0.2, -0.15) is 0 Å². The van der Waals surface area contributed by atoms with Crippen LogP contribution in [0.5, 0.6) is 0 Å². The molecule has 0 aliphatic heterocycles. The Kier molecular flexibility index (Phi) is 6.33. The fourth-order valence-corrected chi connectivity index (χ4v) is 0.711. The zero-order chi connectivity index (χ0) is 8.69. The molecule has 2 nitrogen and oxygen atoms in total. The molecule has 1 unspecified atom stereocenters. The Morgan fingerprint density at radius 2 is 2.27 bits per heavy atom. The van der Waals surface area contributed by atoms with Crippen molar-refractivity contribution in [3.8, 4) is 0 Å². The van der Waals surface area contributed by atoms with E-state index in [0.29, 0.717) is 18.7 Å². The van der Waals surface area contributed by atoms with E-state index < -0.39 is 0 Å². The highest BCUT2D eigenvalue weighted by molar-refractivity contribution is 6.17. The largest absolute Gasteiger partial charge is 0.463 e. The average molecular weight is 179 g/mol. The second kappa shape index (κ2) is 6.47. The molecule has 0 spiro atoms. The number of carbonyl (C=O) groups excluding carboxylic acids is 1. The predicted octanol–water partition coefficient (Wildman–Crippen LogP) is 2.35. The molecule has 0 heterocycles. The highest BCUT2D eigenvalue weighted by atomic mass is 35.5. The fourth-order valence-electron chi connectivity index (χ4n) is 0.578. The van der Waals surface area contributed by atoms with Crippen LogP contribution >= 0.6 is 11.6 Å². The zero-order valence-corrected chi connectivity index (χ0v) is 7.86. The van der Waals surface area contributed by atoms with Gasteiger partial charge in [-0.25, -0.2) is 0 Å². The van der Waals surface area contributed by atoms with Gasteiger partial charge in [-0.05, 0) is 19.8 Å². The number of carbonyl (C=O) groups is 1. The molecule has 0 aromatic rings. The van der Waals surface area contributed by atoms with Crippen LogP contribution in [0.3, 0.4) is 0 Å². The van der Waals surface area contributed by atoms with Gasteiger partial charge in [0, 0.05) is 12.3 Å². The molecule has 0 rings (SSSR count). The predicted molar refractivity (Wildman–Crippen MR) is 45.8 cm³/mol. The van der Waals surface area contributed by atoms with Crippen LogP contribution in [0.2, 0.25) is 0 Å². The molecule has 0 saturated carbocycles. The summed E-state index contributed by atoms with van der Waals surface area (Å²) in [6, 6.07) is 0. The van der Waals surface area contributed by atoms with E-state index >= 15 is 0 Å². The molecule has 11 heavy (non-hydrogen) atoms. The van der Waals surface area contributed by atoms with Gasteiger partial charge >= 0.3 is 5.97 Å². The first kappa shape index (κ1) is 10.8. The minimum Gasteiger partial charge on any atom is -0.463 e. The van der Waals surface area contributed by atoms with E-state index in [-0.39, 0.29) is 12.1 Å². The van der Waals surface area contributed by atoms with Gasteiger partial charge in [0.05, 0.1) is 6.10 Å². The van der Waals surface area contributed by atoms with E-state index in [1.54, 1.807) is 0 Å². The maximum absolute atomic E-state index is 10.9. The quantitative estimate of drug-likeness (QED) is 0.477. The zero-order valence-electron chi connectivity index (χ0n) is 7.10. The number of rotatable bonds is 5. The number of halogens is 1. The van der Waals surface area contributed by atoms with Gasteiger partial charge in [-0.1, -0.05) is 6.92 Å². The summed E-state index contributed by atoms with van der Waals surface area (Å²) in [7, 11) is 0. The van der Waals surface area contributed by atoms with E-state index in [9.17, 15) is 4.79 Å². The summed E-state index contributed by atoms with van der Waals surface area (Å²) in [5, 5.41) is 0. The number of hydrogen-bond donors (Lipinski definition) is 0. The lowest BCUT2D eigenvalue weighted by Crippen LogP contribution is -2.13. The Balaban J connectivity index is 3.36. The van der Waals surface area contributed by atoms with Crippen LogP contribution in [0.25, 0.3) is 0 Å². The van der Waals surface area contributed by atoms with Gasteiger partial charge in [0.1, 0.15) is 0 Å². The van der Waals surface area contributed by atoms with Crippen molar-refractivity contribution in [1.29, 1.82) is 0 Å². The molecule has 0 aliphatic rings. The normalized spacial score (nSPS) is 12.6. The maximum atomic E-state index is 10.9. The number of ether oxygens (including phenoxy) is 1. The lowest BCUT2D eigenvalue weighted by Gasteiger charge is -2.09. The van der Waals surface area contributed by atoms with Gasteiger partial charge in [-0.15, -0.1) is 11.6 Å². The third-order valence-electron chi connectivity index (χ3n) is 1.42. The Labute approximate surface area is 72.9 Å². The standard InChI is InChI=1S/C8H15ClO2/c1-3-7(2)11-8(10)5-4-6-9/h7H,3-6H2,1-2H3. The van der Waals surface area contributed by atoms with Crippen molar-refractivity contribution in [2.45, 2.75) is 39.2 Å². The van der Waals surface area contributed by atoms with Gasteiger partial charge < -0.3 is 4.74 Å². The molecular weight excluding hydrogens is 164 g/mol. The van der Waals surface area contributed by atoms with E-state index in [0.717, 1.165) is 6.42 Å². The average Bonchev–Trinajstić information content (AvgIpc) is 2.00. The van der Waals surface area contributed by atoms with Gasteiger partial charge in [0.2, 0.25) is 0 Å². The molecule has 66 valence electrons. The molecule has 0 aliphatic carbocycles. The Morgan fingerprint density at radius 1 is 1.64 bits per heavy atom. The highest BCUT2D eigenvalue weighted by Gasteiger charge is 2.05.